The number of rotatable bonds is 5. The highest BCUT2D eigenvalue weighted by molar-refractivity contribution is 9.10. The van der Waals surface area contributed by atoms with Crippen LogP contribution in [0, 0.1) is 0 Å². The molecule has 0 spiro atoms. The van der Waals surface area contributed by atoms with Gasteiger partial charge in [0.15, 0.2) is 15.6 Å². The molecule has 0 saturated carbocycles. The second kappa shape index (κ2) is 6.01. The minimum Gasteiger partial charge on any atom is -0.444 e. The van der Waals surface area contributed by atoms with E-state index >= 15 is 0 Å². The van der Waals surface area contributed by atoms with Gasteiger partial charge in [0.05, 0.1) is 5.69 Å². The van der Waals surface area contributed by atoms with Crippen LogP contribution in [-0.4, -0.2) is 24.5 Å². The van der Waals surface area contributed by atoms with E-state index in [0.29, 0.717) is 23.4 Å². The van der Waals surface area contributed by atoms with Gasteiger partial charge in [0.2, 0.25) is 0 Å². The molecule has 2 heterocycles. The zero-order valence-electron chi connectivity index (χ0n) is 9.70. The molecular formula is C11H12BrN3O2S. The van der Waals surface area contributed by atoms with Crippen LogP contribution in [-0.2, 0) is 6.42 Å². The Morgan fingerprint density at radius 3 is 3.00 bits per heavy atom. The van der Waals surface area contributed by atoms with Crippen LogP contribution in [0.15, 0.2) is 26.6 Å². The molecule has 0 atom stereocenters. The summed E-state index contributed by atoms with van der Waals surface area (Å²) in [5, 5.41) is 8.61. The standard InChI is InChI=1S/C11H12BrN3O2S/c1-13-11-15-7(6-18-11)4-5-14-10(16)8-2-3-9(12)17-8/h2-3,6H,4-5H2,1H3,(H,13,15)(H,14,16). The van der Waals surface area contributed by atoms with Gasteiger partial charge in [0.25, 0.3) is 5.91 Å². The van der Waals surface area contributed by atoms with Crippen LogP contribution in [0.3, 0.4) is 0 Å². The Morgan fingerprint density at radius 1 is 1.56 bits per heavy atom. The lowest BCUT2D eigenvalue weighted by molar-refractivity contribution is 0.0925. The van der Waals surface area contributed by atoms with Gasteiger partial charge in [-0.25, -0.2) is 4.98 Å². The van der Waals surface area contributed by atoms with E-state index in [1.807, 2.05) is 12.4 Å². The van der Waals surface area contributed by atoms with Crippen molar-refractivity contribution in [1.29, 1.82) is 0 Å². The van der Waals surface area contributed by atoms with Gasteiger partial charge in [-0.3, -0.25) is 4.79 Å². The van der Waals surface area contributed by atoms with Crippen LogP contribution in [0.4, 0.5) is 5.13 Å². The maximum Gasteiger partial charge on any atom is 0.287 e. The third-order valence-corrected chi connectivity index (χ3v) is 3.56. The van der Waals surface area contributed by atoms with Crippen LogP contribution in [0.25, 0.3) is 0 Å². The Bertz CT molecular complexity index is 538. The van der Waals surface area contributed by atoms with E-state index in [1.165, 1.54) is 0 Å². The van der Waals surface area contributed by atoms with Crippen LogP contribution in [0.2, 0.25) is 0 Å². The first kappa shape index (κ1) is 13.1. The summed E-state index contributed by atoms with van der Waals surface area (Å²) in [6.07, 6.45) is 0.700. The Labute approximate surface area is 117 Å². The predicted molar refractivity (Wildman–Crippen MR) is 74.1 cm³/mol. The number of hydrogen-bond acceptors (Lipinski definition) is 5. The molecule has 0 unspecified atom stereocenters. The van der Waals surface area contributed by atoms with Gasteiger partial charge < -0.3 is 15.1 Å². The fourth-order valence-corrected chi connectivity index (χ4v) is 2.38. The molecule has 2 rings (SSSR count). The van der Waals surface area contributed by atoms with Crippen LogP contribution in [0.1, 0.15) is 16.2 Å². The summed E-state index contributed by atoms with van der Waals surface area (Å²) < 4.78 is 5.70. The fourth-order valence-electron chi connectivity index (χ4n) is 1.36. The third kappa shape index (κ3) is 3.33. The van der Waals surface area contributed by atoms with Crippen LogP contribution >= 0.6 is 27.3 Å². The molecule has 0 aliphatic rings. The molecule has 0 fully saturated rings. The summed E-state index contributed by atoms with van der Waals surface area (Å²) in [4.78, 5) is 16.0. The first-order valence-electron chi connectivity index (χ1n) is 5.34. The molecule has 0 radical (unpaired) electrons. The Kier molecular flexibility index (Phi) is 4.38. The van der Waals surface area contributed by atoms with Crippen LogP contribution in [0.5, 0.6) is 0 Å². The van der Waals surface area contributed by atoms with Gasteiger partial charge >= 0.3 is 0 Å². The monoisotopic (exact) mass is 329 g/mol. The van der Waals surface area contributed by atoms with Crippen molar-refractivity contribution in [2.75, 3.05) is 18.9 Å². The topological polar surface area (TPSA) is 67.2 Å². The van der Waals surface area contributed by atoms with E-state index in [1.54, 1.807) is 23.5 Å². The van der Waals surface area contributed by atoms with E-state index in [0.717, 1.165) is 10.8 Å². The number of nitrogens with zero attached hydrogens (tertiary/aromatic N) is 1. The van der Waals surface area contributed by atoms with Gasteiger partial charge in [0.1, 0.15) is 0 Å². The number of amides is 1. The third-order valence-electron chi connectivity index (χ3n) is 2.23. The van der Waals surface area contributed by atoms with Gasteiger partial charge in [-0.1, -0.05) is 0 Å². The number of hydrogen-bond donors (Lipinski definition) is 2. The van der Waals surface area contributed by atoms with Crippen molar-refractivity contribution in [2.24, 2.45) is 0 Å². The first-order valence-corrected chi connectivity index (χ1v) is 7.02. The summed E-state index contributed by atoms with van der Waals surface area (Å²) in [7, 11) is 1.83. The summed E-state index contributed by atoms with van der Waals surface area (Å²) in [6.45, 7) is 0.532. The smallest absolute Gasteiger partial charge is 0.287 e. The molecule has 0 saturated heterocycles. The molecule has 2 aromatic rings. The Balaban J connectivity index is 1.80. The van der Waals surface area contributed by atoms with E-state index in [4.69, 9.17) is 4.42 Å². The maximum absolute atomic E-state index is 11.7. The maximum atomic E-state index is 11.7. The molecule has 5 nitrogen and oxygen atoms in total. The van der Waals surface area contributed by atoms with Crippen LogP contribution < -0.4 is 10.6 Å². The van der Waals surface area contributed by atoms with Crippen molar-refractivity contribution in [3.05, 3.63) is 33.6 Å². The molecule has 2 aromatic heterocycles. The highest BCUT2D eigenvalue weighted by Gasteiger charge is 2.09. The lowest BCUT2D eigenvalue weighted by Gasteiger charge is -2.00. The van der Waals surface area contributed by atoms with Crippen molar-refractivity contribution in [3.63, 3.8) is 0 Å². The van der Waals surface area contributed by atoms with E-state index in [9.17, 15) is 4.79 Å². The zero-order chi connectivity index (χ0) is 13.0. The molecule has 1 amide bonds. The molecule has 0 aliphatic heterocycles. The second-order valence-electron chi connectivity index (χ2n) is 3.50. The lowest BCUT2D eigenvalue weighted by atomic mass is 10.3. The molecule has 0 aliphatic carbocycles. The van der Waals surface area contributed by atoms with E-state index < -0.39 is 0 Å². The molecule has 96 valence electrons. The summed E-state index contributed by atoms with van der Waals surface area (Å²) in [6, 6.07) is 3.32. The average molecular weight is 330 g/mol. The van der Waals surface area contributed by atoms with Gasteiger partial charge in [-0.2, -0.15) is 0 Å². The van der Waals surface area contributed by atoms with Gasteiger partial charge in [-0.15, -0.1) is 11.3 Å². The lowest BCUT2D eigenvalue weighted by Crippen LogP contribution is -2.25. The highest BCUT2D eigenvalue weighted by Crippen LogP contribution is 2.15. The van der Waals surface area contributed by atoms with Crippen molar-refractivity contribution < 1.29 is 9.21 Å². The van der Waals surface area contributed by atoms with Gasteiger partial charge in [-0.05, 0) is 28.1 Å². The summed E-state index contributed by atoms with van der Waals surface area (Å²) in [5.74, 6) is 0.0841. The number of thiazole rings is 1. The van der Waals surface area contributed by atoms with E-state index in [2.05, 4.69) is 31.5 Å². The number of carbonyl (C=O) groups is 1. The number of nitrogens with one attached hydrogen (secondary N) is 2. The van der Waals surface area contributed by atoms with Gasteiger partial charge in [0, 0.05) is 25.4 Å². The SMILES string of the molecule is CNc1nc(CCNC(=O)c2ccc(Br)o2)cs1. The Hall–Kier alpha value is -1.34. The molecule has 0 bridgehead atoms. The summed E-state index contributed by atoms with van der Waals surface area (Å²) in [5.41, 5.74) is 0.963. The number of halogens is 1. The molecule has 0 aromatic carbocycles. The molecule has 2 N–H and O–H groups in total. The number of aromatic nitrogens is 1. The largest absolute Gasteiger partial charge is 0.444 e. The number of anilines is 1. The van der Waals surface area contributed by atoms with Crippen molar-refractivity contribution in [1.82, 2.24) is 10.3 Å². The molecule has 18 heavy (non-hydrogen) atoms. The zero-order valence-corrected chi connectivity index (χ0v) is 12.1. The Morgan fingerprint density at radius 2 is 2.39 bits per heavy atom. The fraction of sp³-hybridized carbons (Fsp3) is 0.273. The highest BCUT2D eigenvalue weighted by atomic mass is 79.9. The first-order chi connectivity index (χ1) is 8.69. The predicted octanol–water partition coefficient (Wildman–Crippen LogP) is 2.51. The quantitative estimate of drug-likeness (QED) is 0.884. The number of carbonyl (C=O) groups excluding carboxylic acids is 1. The number of furan rings is 1. The average Bonchev–Trinajstić information content (AvgIpc) is 2.98. The van der Waals surface area contributed by atoms with Crippen molar-refractivity contribution in [2.45, 2.75) is 6.42 Å². The summed E-state index contributed by atoms with van der Waals surface area (Å²) >= 11 is 4.70. The van der Waals surface area contributed by atoms with Crippen molar-refractivity contribution in [3.8, 4) is 0 Å². The minimum absolute atomic E-state index is 0.218. The second-order valence-corrected chi connectivity index (χ2v) is 5.14. The van der Waals surface area contributed by atoms with E-state index in [-0.39, 0.29) is 5.91 Å². The molecule has 7 heteroatoms. The normalized spacial score (nSPS) is 10.3. The molecular weight excluding hydrogens is 318 g/mol. The van der Waals surface area contributed by atoms with Crippen molar-refractivity contribution >= 4 is 38.3 Å². The minimum atomic E-state index is -0.218.